The Hall–Kier alpha value is -1.70. The molecule has 2 aromatic rings. The Balaban J connectivity index is 2.07. The second kappa shape index (κ2) is 8.07. The highest BCUT2D eigenvalue weighted by Gasteiger charge is 2.18. The quantitative estimate of drug-likeness (QED) is 0.428. The molecule has 0 bridgehead atoms. The molecule has 1 atom stereocenters. The van der Waals surface area contributed by atoms with Crippen molar-refractivity contribution in [3.8, 4) is 0 Å². The molecule has 0 aliphatic heterocycles. The van der Waals surface area contributed by atoms with Gasteiger partial charge in [-0.1, -0.05) is 41.9 Å². The summed E-state index contributed by atoms with van der Waals surface area (Å²) in [7, 11) is 0. The molecule has 5 heteroatoms. The second-order valence-electron chi connectivity index (χ2n) is 5.03. The first-order chi connectivity index (χ1) is 10.7. The first-order valence-electron chi connectivity index (χ1n) is 7.29. The Morgan fingerprint density at radius 3 is 2.55 bits per heavy atom. The predicted octanol–water partition coefficient (Wildman–Crippen LogP) is 5.54. The molecular formula is C17H19ClN3S+. The Morgan fingerprint density at radius 1 is 1.23 bits per heavy atom. The van der Waals surface area contributed by atoms with Crippen molar-refractivity contribution in [2.75, 3.05) is 11.4 Å². The highest BCUT2D eigenvalue weighted by Crippen LogP contribution is 2.31. The van der Waals surface area contributed by atoms with E-state index >= 15 is 0 Å². The smallest absolute Gasteiger partial charge is 0.360 e. The number of anilines is 1. The average molecular weight is 333 g/mol. The summed E-state index contributed by atoms with van der Waals surface area (Å²) in [6.45, 7) is 2.92. The molecule has 0 saturated heterocycles. The van der Waals surface area contributed by atoms with Crippen LogP contribution in [-0.4, -0.2) is 11.9 Å². The van der Waals surface area contributed by atoms with Crippen LogP contribution in [0.2, 0.25) is 5.02 Å². The van der Waals surface area contributed by atoms with Crippen LogP contribution in [-0.2, 0) is 6.42 Å². The second-order valence-corrected chi connectivity index (χ2v) is 6.03. The van der Waals surface area contributed by atoms with Gasteiger partial charge in [-0.15, -0.1) is 0 Å². The van der Waals surface area contributed by atoms with Crippen molar-refractivity contribution in [1.29, 1.82) is 5.39 Å². The molecule has 0 heterocycles. The van der Waals surface area contributed by atoms with Crippen LogP contribution in [0.1, 0.15) is 18.9 Å². The van der Waals surface area contributed by atoms with Crippen molar-refractivity contribution >= 4 is 35.6 Å². The minimum absolute atomic E-state index is 0.0955. The van der Waals surface area contributed by atoms with Crippen molar-refractivity contribution in [2.45, 2.75) is 25.1 Å². The van der Waals surface area contributed by atoms with Crippen molar-refractivity contribution in [2.24, 2.45) is 0 Å². The number of aryl methyl sites for hydroxylation is 1. The predicted molar refractivity (Wildman–Crippen MR) is 96.8 cm³/mol. The number of hydrogen-bond donors (Lipinski definition) is 1. The molecule has 1 unspecified atom stereocenters. The Bertz CT molecular complexity index is 655. The van der Waals surface area contributed by atoms with Crippen molar-refractivity contribution < 1.29 is 0 Å². The zero-order valence-electron chi connectivity index (χ0n) is 12.5. The fourth-order valence-corrected chi connectivity index (χ4v) is 3.06. The highest BCUT2D eigenvalue weighted by atomic mass is 35.5. The Labute approximate surface area is 141 Å². The number of rotatable bonds is 6. The third kappa shape index (κ3) is 4.16. The van der Waals surface area contributed by atoms with Crippen LogP contribution in [0.5, 0.6) is 0 Å². The highest BCUT2D eigenvalue weighted by molar-refractivity contribution is 7.81. The van der Waals surface area contributed by atoms with Crippen LogP contribution >= 0.6 is 24.2 Å². The SMILES string of the molecule is CCN(c1ccc([N+]#N)c(Cl)c1)C(S)CCc1ccccc1. The number of benzene rings is 2. The molecule has 0 amide bonds. The van der Waals surface area contributed by atoms with E-state index in [1.807, 2.05) is 18.2 Å². The summed E-state index contributed by atoms with van der Waals surface area (Å²) in [6.07, 6.45) is 1.91. The van der Waals surface area contributed by atoms with Gasteiger partial charge in [-0.2, -0.15) is 12.6 Å². The van der Waals surface area contributed by atoms with E-state index in [2.05, 4.69) is 41.1 Å². The zero-order valence-corrected chi connectivity index (χ0v) is 14.1. The van der Waals surface area contributed by atoms with Gasteiger partial charge in [0.1, 0.15) is 5.02 Å². The van der Waals surface area contributed by atoms with E-state index in [0.717, 1.165) is 25.1 Å². The van der Waals surface area contributed by atoms with E-state index in [0.29, 0.717) is 10.7 Å². The summed E-state index contributed by atoms with van der Waals surface area (Å²) >= 11 is 10.8. The van der Waals surface area contributed by atoms with Gasteiger partial charge in [-0.3, -0.25) is 0 Å². The molecule has 0 fully saturated rings. The van der Waals surface area contributed by atoms with Gasteiger partial charge in [0.2, 0.25) is 5.39 Å². The number of diazo groups is 1. The minimum atomic E-state index is 0.0955. The molecule has 2 aromatic carbocycles. The van der Waals surface area contributed by atoms with Crippen molar-refractivity contribution in [1.82, 2.24) is 0 Å². The van der Waals surface area contributed by atoms with Gasteiger partial charge in [0, 0.05) is 18.3 Å². The van der Waals surface area contributed by atoms with E-state index < -0.39 is 0 Å². The monoisotopic (exact) mass is 332 g/mol. The fraction of sp³-hybridized carbons (Fsp3) is 0.294. The molecule has 0 saturated carbocycles. The van der Waals surface area contributed by atoms with Gasteiger partial charge in [0.25, 0.3) is 0 Å². The summed E-state index contributed by atoms with van der Waals surface area (Å²) in [5, 5.41) is 9.36. The number of hydrogen-bond acceptors (Lipinski definition) is 3. The van der Waals surface area contributed by atoms with Gasteiger partial charge in [-0.25, -0.2) is 0 Å². The van der Waals surface area contributed by atoms with E-state index in [1.165, 1.54) is 5.56 Å². The molecule has 0 spiro atoms. The van der Waals surface area contributed by atoms with Gasteiger partial charge < -0.3 is 4.90 Å². The van der Waals surface area contributed by atoms with E-state index in [-0.39, 0.29) is 5.37 Å². The van der Waals surface area contributed by atoms with Crippen molar-refractivity contribution in [3.05, 3.63) is 64.1 Å². The molecule has 0 aliphatic rings. The van der Waals surface area contributed by atoms with Gasteiger partial charge in [-0.05, 0) is 37.5 Å². The molecule has 0 N–H and O–H groups in total. The van der Waals surface area contributed by atoms with E-state index in [9.17, 15) is 0 Å². The summed E-state index contributed by atoms with van der Waals surface area (Å²) in [5.74, 6) is 0. The first kappa shape index (κ1) is 16.7. The summed E-state index contributed by atoms with van der Waals surface area (Å²) in [6, 6.07) is 15.8. The third-order valence-corrected chi connectivity index (χ3v) is 4.44. The van der Waals surface area contributed by atoms with Crippen LogP contribution < -0.4 is 4.90 Å². The summed E-state index contributed by atoms with van der Waals surface area (Å²) in [4.78, 5) is 5.33. The lowest BCUT2D eigenvalue weighted by Gasteiger charge is -2.29. The molecular weight excluding hydrogens is 314 g/mol. The largest absolute Gasteiger partial charge is 0.403 e. The topological polar surface area (TPSA) is 31.4 Å². The maximum Gasteiger partial charge on any atom is 0.403 e. The molecule has 0 radical (unpaired) electrons. The normalized spacial score (nSPS) is 11.7. The molecule has 3 nitrogen and oxygen atoms in total. The first-order valence-corrected chi connectivity index (χ1v) is 8.18. The zero-order chi connectivity index (χ0) is 15.9. The molecule has 114 valence electrons. The standard InChI is InChI=1S/C17H18ClN3S/c1-2-21(14-9-10-16(20-19)15(18)12-14)17(22)11-8-13-6-4-3-5-7-13/h3-7,9-10,12,17H,2,8,11H2,1H3/p+1. The van der Waals surface area contributed by atoms with Crippen LogP contribution in [0.4, 0.5) is 11.4 Å². The number of halogens is 1. The fourth-order valence-electron chi connectivity index (χ4n) is 2.42. The number of thiol groups is 1. The minimum Gasteiger partial charge on any atom is -0.360 e. The number of nitrogens with zero attached hydrogens (tertiary/aromatic N) is 3. The average Bonchev–Trinajstić information content (AvgIpc) is 2.55. The van der Waals surface area contributed by atoms with Crippen LogP contribution in [0.15, 0.2) is 48.5 Å². The van der Waals surface area contributed by atoms with Gasteiger partial charge >= 0.3 is 5.69 Å². The van der Waals surface area contributed by atoms with Crippen molar-refractivity contribution in [3.63, 3.8) is 0 Å². The van der Waals surface area contributed by atoms with Crippen LogP contribution in [0.3, 0.4) is 0 Å². The summed E-state index contributed by atoms with van der Waals surface area (Å²) < 4.78 is 0. The van der Waals surface area contributed by atoms with Gasteiger partial charge in [0.15, 0.2) is 4.98 Å². The lowest BCUT2D eigenvalue weighted by molar-refractivity contribution is 0.708. The maximum atomic E-state index is 8.84. The molecule has 2 rings (SSSR count). The molecule has 0 aromatic heterocycles. The van der Waals surface area contributed by atoms with Gasteiger partial charge in [0.05, 0.1) is 5.37 Å². The summed E-state index contributed by atoms with van der Waals surface area (Å²) in [5.41, 5.74) is 2.67. The van der Waals surface area contributed by atoms with E-state index in [1.54, 1.807) is 6.07 Å². The van der Waals surface area contributed by atoms with E-state index in [4.69, 9.17) is 29.6 Å². The van der Waals surface area contributed by atoms with Crippen LogP contribution in [0, 0.1) is 5.39 Å². The Kier molecular flexibility index (Phi) is 6.11. The third-order valence-electron chi connectivity index (χ3n) is 3.61. The van der Waals surface area contributed by atoms with Crippen LogP contribution in [0.25, 0.3) is 4.98 Å². The lowest BCUT2D eigenvalue weighted by Crippen LogP contribution is -2.31. The molecule has 0 aliphatic carbocycles. The lowest BCUT2D eigenvalue weighted by atomic mass is 10.1. The maximum absolute atomic E-state index is 8.84. The molecule has 22 heavy (non-hydrogen) atoms. The Morgan fingerprint density at radius 2 is 1.95 bits per heavy atom.